The molecule has 18 heavy (non-hydrogen) atoms. The van der Waals surface area contributed by atoms with Crippen LogP contribution >= 0.6 is 11.6 Å². The van der Waals surface area contributed by atoms with Crippen LogP contribution in [-0.2, 0) is 0 Å². The Labute approximate surface area is 116 Å². The number of hydrogen-bond donors (Lipinski definition) is 1. The van der Waals surface area contributed by atoms with Gasteiger partial charge in [0.25, 0.3) is 0 Å². The van der Waals surface area contributed by atoms with Gasteiger partial charge in [0.1, 0.15) is 0 Å². The van der Waals surface area contributed by atoms with Crippen molar-refractivity contribution in [3.63, 3.8) is 0 Å². The molecule has 0 saturated carbocycles. The number of nitrogens with one attached hydrogen (secondary N) is 1. The van der Waals surface area contributed by atoms with E-state index in [0.717, 1.165) is 11.3 Å². The molecule has 0 aliphatic carbocycles. The van der Waals surface area contributed by atoms with Crippen molar-refractivity contribution >= 4 is 17.3 Å². The lowest BCUT2D eigenvalue weighted by Crippen LogP contribution is -2.15. The molecule has 3 heteroatoms. The summed E-state index contributed by atoms with van der Waals surface area (Å²) < 4.78 is 0. The molecule has 1 atom stereocenters. The SMILES string of the molecule is CCCCCCCC(C)Nc1cc(C)cnc1Cl. The van der Waals surface area contributed by atoms with Gasteiger partial charge in [-0.25, -0.2) is 4.98 Å². The molecule has 1 rings (SSSR count). The number of aromatic nitrogens is 1. The molecule has 1 aromatic rings. The van der Waals surface area contributed by atoms with Crippen molar-refractivity contribution in [1.29, 1.82) is 0 Å². The second-order valence-corrected chi connectivity index (χ2v) is 5.46. The Hall–Kier alpha value is -0.760. The molecule has 102 valence electrons. The van der Waals surface area contributed by atoms with Crippen LogP contribution in [0.15, 0.2) is 12.3 Å². The fraction of sp³-hybridized carbons (Fsp3) is 0.667. The molecule has 0 aromatic carbocycles. The molecule has 0 bridgehead atoms. The van der Waals surface area contributed by atoms with Crippen LogP contribution in [0, 0.1) is 6.92 Å². The maximum Gasteiger partial charge on any atom is 0.152 e. The molecule has 0 spiro atoms. The van der Waals surface area contributed by atoms with E-state index in [2.05, 4.69) is 30.2 Å². The third kappa shape index (κ3) is 5.72. The molecular formula is C15H25ClN2. The van der Waals surface area contributed by atoms with Gasteiger partial charge < -0.3 is 5.32 Å². The van der Waals surface area contributed by atoms with Crippen molar-refractivity contribution < 1.29 is 0 Å². The number of rotatable bonds is 8. The maximum atomic E-state index is 6.07. The Balaban J connectivity index is 2.30. The fourth-order valence-corrected chi connectivity index (χ4v) is 2.20. The predicted octanol–water partition coefficient (Wildman–Crippen LogP) is 5.20. The minimum absolute atomic E-state index is 0.452. The first-order valence-electron chi connectivity index (χ1n) is 7.02. The van der Waals surface area contributed by atoms with E-state index < -0.39 is 0 Å². The highest BCUT2D eigenvalue weighted by Crippen LogP contribution is 2.21. The lowest BCUT2D eigenvalue weighted by atomic mass is 10.1. The van der Waals surface area contributed by atoms with Gasteiger partial charge in [-0.15, -0.1) is 0 Å². The van der Waals surface area contributed by atoms with Crippen LogP contribution in [0.3, 0.4) is 0 Å². The highest BCUT2D eigenvalue weighted by molar-refractivity contribution is 6.31. The Morgan fingerprint density at radius 3 is 2.72 bits per heavy atom. The highest BCUT2D eigenvalue weighted by atomic mass is 35.5. The predicted molar refractivity (Wildman–Crippen MR) is 80.4 cm³/mol. The van der Waals surface area contributed by atoms with Gasteiger partial charge in [-0.2, -0.15) is 0 Å². The zero-order valence-corrected chi connectivity index (χ0v) is 12.6. The molecule has 0 aliphatic rings. The second-order valence-electron chi connectivity index (χ2n) is 5.10. The van der Waals surface area contributed by atoms with E-state index in [0.29, 0.717) is 11.2 Å². The average molecular weight is 269 g/mol. The van der Waals surface area contributed by atoms with E-state index >= 15 is 0 Å². The average Bonchev–Trinajstić information content (AvgIpc) is 2.33. The van der Waals surface area contributed by atoms with Crippen LogP contribution in [-0.4, -0.2) is 11.0 Å². The van der Waals surface area contributed by atoms with Gasteiger partial charge in [-0.1, -0.05) is 50.6 Å². The summed E-state index contributed by atoms with van der Waals surface area (Å²) >= 11 is 6.07. The second kappa shape index (κ2) is 8.36. The first kappa shape index (κ1) is 15.3. The summed E-state index contributed by atoms with van der Waals surface area (Å²) in [4.78, 5) is 4.16. The van der Waals surface area contributed by atoms with E-state index in [1.807, 2.05) is 6.92 Å². The third-order valence-electron chi connectivity index (χ3n) is 3.12. The van der Waals surface area contributed by atoms with Crippen molar-refractivity contribution in [3.05, 3.63) is 23.0 Å². The summed E-state index contributed by atoms with van der Waals surface area (Å²) in [6.45, 7) is 6.49. The summed E-state index contributed by atoms with van der Waals surface area (Å²) in [6, 6.07) is 2.51. The zero-order valence-electron chi connectivity index (χ0n) is 11.8. The lowest BCUT2D eigenvalue weighted by Gasteiger charge is -2.16. The van der Waals surface area contributed by atoms with Gasteiger partial charge in [-0.3, -0.25) is 0 Å². The molecule has 0 radical (unpaired) electrons. The number of unbranched alkanes of at least 4 members (excludes halogenated alkanes) is 4. The third-order valence-corrected chi connectivity index (χ3v) is 3.42. The Bertz CT molecular complexity index is 352. The van der Waals surface area contributed by atoms with Crippen molar-refractivity contribution in [1.82, 2.24) is 4.98 Å². The minimum Gasteiger partial charge on any atom is -0.380 e. The molecule has 2 nitrogen and oxygen atoms in total. The highest BCUT2D eigenvalue weighted by Gasteiger charge is 2.06. The minimum atomic E-state index is 0.452. The number of hydrogen-bond acceptors (Lipinski definition) is 2. The molecule has 0 amide bonds. The Morgan fingerprint density at radius 2 is 2.00 bits per heavy atom. The van der Waals surface area contributed by atoms with Crippen molar-refractivity contribution in [2.24, 2.45) is 0 Å². The van der Waals surface area contributed by atoms with Crippen LogP contribution in [0.25, 0.3) is 0 Å². The van der Waals surface area contributed by atoms with Crippen LogP contribution in [0.2, 0.25) is 5.15 Å². The van der Waals surface area contributed by atoms with Crippen LogP contribution in [0.4, 0.5) is 5.69 Å². The van der Waals surface area contributed by atoms with E-state index in [1.165, 1.54) is 38.5 Å². The van der Waals surface area contributed by atoms with Gasteiger partial charge in [0.15, 0.2) is 5.15 Å². The summed E-state index contributed by atoms with van der Waals surface area (Å²) in [6.07, 6.45) is 9.62. The van der Waals surface area contributed by atoms with Gasteiger partial charge in [0.2, 0.25) is 0 Å². The van der Waals surface area contributed by atoms with E-state index in [4.69, 9.17) is 11.6 Å². The van der Waals surface area contributed by atoms with E-state index in [9.17, 15) is 0 Å². The number of anilines is 1. The molecule has 0 fully saturated rings. The summed E-state index contributed by atoms with van der Waals surface area (Å²) in [5.74, 6) is 0. The summed E-state index contributed by atoms with van der Waals surface area (Å²) in [7, 11) is 0. The molecule has 0 saturated heterocycles. The molecule has 0 aliphatic heterocycles. The Kier molecular flexibility index (Phi) is 7.11. The van der Waals surface area contributed by atoms with Crippen LogP contribution < -0.4 is 5.32 Å². The zero-order chi connectivity index (χ0) is 13.4. The smallest absolute Gasteiger partial charge is 0.152 e. The molecule has 1 unspecified atom stereocenters. The van der Waals surface area contributed by atoms with Gasteiger partial charge in [-0.05, 0) is 31.9 Å². The van der Waals surface area contributed by atoms with Gasteiger partial charge in [0.05, 0.1) is 5.69 Å². The van der Waals surface area contributed by atoms with Crippen molar-refractivity contribution in [2.45, 2.75) is 65.3 Å². The van der Waals surface area contributed by atoms with Crippen LogP contribution in [0.1, 0.15) is 57.9 Å². The molecule has 1 aromatic heterocycles. The van der Waals surface area contributed by atoms with Crippen LogP contribution in [0.5, 0.6) is 0 Å². The van der Waals surface area contributed by atoms with E-state index in [-0.39, 0.29) is 0 Å². The largest absolute Gasteiger partial charge is 0.380 e. The van der Waals surface area contributed by atoms with Crippen molar-refractivity contribution in [3.8, 4) is 0 Å². The molecule has 1 N–H and O–H groups in total. The number of aryl methyl sites for hydroxylation is 1. The molecule has 1 heterocycles. The van der Waals surface area contributed by atoms with Gasteiger partial charge in [0, 0.05) is 12.2 Å². The van der Waals surface area contributed by atoms with Crippen molar-refractivity contribution in [2.75, 3.05) is 5.32 Å². The lowest BCUT2D eigenvalue weighted by molar-refractivity contribution is 0.578. The van der Waals surface area contributed by atoms with E-state index in [1.54, 1.807) is 6.20 Å². The summed E-state index contributed by atoms with van der Waals surface area (Å²) in [5.41, 5.74) is 2.09. The quantitative estimate of drug-likeness (QED) is 0.517. The first-order chi connectivity index (χ1) is 8.63. The fourth-order valence-electron chi connectivity index (χ4n) is 2.05. The summed E-state index contributed by atoms with van der Waals surface area (Å²) in [5, 5.41) is 4.02. The monoisotopic (exact) mass is 268 g/mol. The first-order valence-corrected chi connectivity index (χ1v) is 7.40. The Morgan fingerprint density at radius 1 is 1.28 bits per heavy atom. The maximum absolute atomic E-state index is 6.07. The van der Waals surface area contributed by atoms with Gasteiger partial charge >= 0.3 is 0 Å². The normalized spacial score (nSPS) is 12.4. The molecular weight excluding hydrogens is 244 g/mol. The topological polar surface area (TPSA) is 24.9 Å². The number of nitrogens with zero attached hydrogens (tertiary/aromatic N) is 1. The standard InChI is InChI=1S/C15H25ClN2/c1-4-5-6-7-8-9-13(3)18-14-10-12(2)11-17-15(14)16/h10-11,13,18H,4-9H2,1-3H3. The number of pyridine rings is 1. The number of halogens is 1.